The minimum atomic E-state index is -0.978. The lowest BCUT2D eigenvalue weighted by Gasteiger charge is -2.10. The molecule has 1 saturated carbocycles. The molecule has 1 heterocycles. The molecule has 0 unspecified atom stereocenters. The van der Waals surface area contributed by atoms with E-state index in [1.54, 1.807) is 28.8 Å². The van der Waals surface area contributed by atoms with Crippen molar-refractivity contribution in [1.82, 2.24) is 4.57 Å². The monoisotopic (exact) mass is 272 g/mol. The number of carboxylic acid groups (broad SMARTS) is 1. The van der Waals surface area contributed by atoms with Crippen LogP contribution in [0.3, 0.4) is 0 Å². The van der Waals surface area contributed by atoms with Gasteiger partial charge in [0.05, 0.1) is 4.92 Å². The molecular formula is C14H12N2O4. The lowest BCUT2D eigenvalue weighted by molar-refractivity contribution is -0.384. The zero-order chi connectivity index (χ0) is 14.3. The van der Waals surface area contributed by atoms with E-state index in [-0.39, 0.29) is 17.4 Å². The minimum absolute atomic E-state index is 0.00271. The molecule has 0 radical (unpaired) electrons. The summed E-state index contributed by atoms with van der Waals surface area (Å²) < 4.78 is 1.77. The van der Waals surface area contributed by atoms with Gasteiger partial charge in [-0.2, -0.15) is 0 Å². The fourth-order valence-corrected chi connectivity index (χ4v) is 2.36. The molecular weight excluding hydrogens is 260 g/mol. The van der Waals surface area contributed by atoms with Crippen LogP contribution in [0.15, 0.2) is 36.4 Å². The van der Waals surface area contributed by atoms with E-state index in [2.05, 4.69) is 0 Å². The highest BCUT2D eigenvalue weighted by atomic mass is 16.6. The molecule has 3 rings (SSSR count). The van der Waals surface area contributed by atoms with Gasteiger partial charge in [-0.3, -0.25) is 10.1 Å². The van der Waals surface area contributed by atoms with E-state index in [1.807, 2.05) is 0 Å². The number of nitro benzene ring substituents is 1. The largest absolute Gasteiger partial charge is 0.477 e. The molecule has 0 atom stereocenters. The number of non-ortho nitro benzene ring substituents is 1. The Bertz CT molecular complexity index is 701. The maximum Gasteiger partial charge on any atom is 0.352 e. The topological polar surface area (TPSA) is 85.4 Å². The summed E-state index contributed by atoms with van der Waals surface area (Å²) in [5, 5.41) is 20.1. The fourth-order valence-electron chi connectivity index (χ4n) is 2.36. The summed E-state index contributed by atoms with van der Waals surface area (Å²) in [5.41, 5.74) is 1.61. The second kappa shape index (κ2) is 4.48. The van der Waals surface area contributed by atoms with E-state index in [4.69, 9.17) is 0 Å². The third-order valence-electron chi connectivity index (χ3n) is 3.40. The third-order valence-corrected chi connectivity index (χ3v) is 3.40. The van der Waals surface area contributed by atoms with Crippen molar-refractivity contribution in [2.24, 2.45) is 0 Å². The molecule has 1 aliphatic carbocycles. The molecule has 1 aromatic heterocycles. The molecule has 6 heteroatoms. The fraction of sp³-hybridized carbons (Fsp3) is 0.214. The van der Waals surface area contributed by atoms with Crippen molar-refractivity contribution in [1.29, 1.82) is 0 Å². The smallest absolute Gasteiger partial charge is 0.352 e. The lowest BCUT2D eigenvalue weighted by Crippen LogP contribution is -2.08. The third kappa shape index (κ3) is 2.05. The Labute approximate surface area is 114 Å². The van der Waals surface area contributed by atoms with Gasteiger partial charge in [-0.1, -0.05) is 12.1 Å². The average Bonchev–Trinajstić information content (AvgIpc) is 3.16. The van der Waals surface area contributed by atoms with Gasteiger partial charge in [0.2, 0.25) is 0 Å². The van der Waals surface area contributed by atoms with Crippen LogP contribution in [0.1, 0.15) is 29.4 Å². The van der Waals surface area contributed by atoms with Crippen LogP contribution < -0.4 is 0 Å². The number of hydrogen-bond donors (Lipinski definition) is 1. The quantitative estimate of drug-likeness (QED) is 0.684. The minimum Gasteiger partial charge on any atom is -0.477 e. The molecule has 0 saturated heterocycles. The molecule has 1 aromatic carbocycles. The number of nitrogens with zero attached hydrogens (tertiary/aromatic N) is 2. The summed E-state index contributed by atoms with van der Waals surface area (Å²) >= 11 is 0. The van der Waals surface area contributed by atoms with Gasteiger partial charge < -0.3 is 9.67 Å². The van der Waals surface area contributed by atoms with E-state index in [0.29, 0.717) is 11.3 Å². The maximum absolute atomic E-state index is 11.2. The van der Waals surface area contributed by atoms with Gasteiger partial charge >= 0.3 is 5.97 Å². The zero-order valence-corrected chi connectivity index (χ0v) is 10.5. The summed E-state index contributed by atoms with van der Waals surface area (Å²) in [7, 11) is 0. The van der Waals surface area contributed by atoms with E-state index >= 15 is 0 Å². The molecule has 0 aliphatic heterocycles. The number of aromatic nitrogens is 1. The van der Waals surface area contributed by atoms with Crippen LogP contribution in [0.4, 0.5) is 5.69 Å². The summed E-state index contributed by atoms with van der Waals surface area (Å²) in [5.74, 6) is -0.978. The van der Waals surface area contributed by atoms with Crippen LogP contribution in [0.2, 0.25) is 0 Å². The molecule has 102 valence electrons. The molecule has 1 fully saturated rings. The molecule has 1 N–H and O–H groups in total. The number of carboxylic acids is 1. The summed E-state index contributed by atoms with van der Waals surface area (Å²) in [6.45, 7) is 0. The number of benzene rings is 1. The molecule has 0 spiro atoms. The first kappa shape index (κ1) is 12.4. The van der Waals surface area contributed by atoms with Gasteiger partial charge in [0, 0.05) is 29.4 Å². The van der Waals surface area contributed by atoms with Crippen LogP contribution in [0, 0.1) is 10.1 Å². The molecule has 1 aliphatic rings. The van der Waals surface area contributed by atoms with Crippen molar-refractivity contribution in [3.8, 4) is 11.3 Å². The Morgan fingerprint density at radius 3 is 2.65 bits per heavy atom. The van der Waals surface area contributed by atoms with Gasteiger partial charge in [0.15, 0.2) is 0 Å². The van der Waals surface area contributed by atoms with Crippen molar-refractivity contribution < 1.29 is 14.8 Å². The van der Waals surface area contributed by atoms with Crippen molar-refractivity contribution in [3.63, 3.8) is 0 Å². The molecule has 2 aromatic rings. The van der Waals surface area contributed by atoms with Gasteiger partial charge in [0.1, 0.15) is 5.69 Å². The van der Waals surface area contributed by atoms with Gasteiger partial charge in [-0.05, 0) is 25.0 Å². The number of hydrogen-bond acceptors (Lipinski definition) is 3. The van der Waals surface area contributed by atoms with Gasteiger partial charge in [0.25, 0.3) is 5.69 Å². The first-order valence-electron chi connectivity index (χ1n) is 6.27. The normalized spacial score (nSPS) is 14.2. The van der Waals surface area contributed by atoms with Crippen LogP contribution in [-0.4, -0.2) is 20.6 Å². The molecule has 20 heavy (non-hydrogen) atoms. The standard InChI is InChI=1S/C14H12N2O4/c17-14(18)13-7-6-12(15(13)10-4-5-10)9-2-1-3-11(8-9)16(19)20/h1-3,6-8,10H,4-5H2,(H,17,18). The Morgan fingerprint density at radius 2 is 2.05 bits per heavy atom. The van der Waals surface area contributed by atoms with Crippen LogP contribution >= 0.6 is 0 Å². The van der Waals surface area contributed by atoms with Crippen LogP contribution in [0.25, 0.3) is 11.3 Å². The summed E-state index contributed by atoms with van der Waals surface area (Å²) in [6, 6.07) is 9.71. The maximum atomic E-state index is 11.2. The zero-order valence-electron chi connectivity index (χ0n) is 10.5. The van der Waals surface area contributed by atoms with Gasteiger partial charge in [-0.25, -0.2) is 4.79 Å². The van der Waals surface area contributed by atoms with Crippen molar-refractivity contribution in [2.45, 2.75) is 18.9 Å². The Kier molecular flexibility index (Phi) is 2.78. The number of aromatic carboxylic acids is 1. The SMILES string of the molecule is O=C(O)c1ccc(-c2cccc([N+](=O)[O-])c2)n1C1CC1. The van der Waals surface area contributed by atoms with E-state index in [0.717, 1.165) is 12.8 Å². The van der Waals surface area contributed by atoms with E-state index < -0.39 is 10.9 Å². The Balaban J connectivity index is 2.12. The molecule has 0 amide bonds. The van der Waals surface area contributed by atoms with Crippen molar-refractivity contribution in [3.05, 3.63) is 52.2 Å². The van der Waals surface area contributed by atoms with Crippen molar-refractivity contribution in [2.75, 3.05) is 0 Å². The second-order valence-corrected chi connectivity index (χ2v) is 4.82. The Hall–Kier alpha value is -2.63. The highest BCUT2D eigenvalue weighted by molar-refractivity contribution is 5.87. The molecule has 6 nitrogen and oxygen atoms in total. The summed E-state index contributed by atoms with van der Waals surface area (Å²) in [4.78, 5) is 21.6. The average molecular weight is 272 g/mol. The van der Waals surface area contributed by atoms with Crippen LogP contribution in [0.5, 0.6) is 0 Å². The Morgan fingerprint density at radius 1 is 1.30 bits per heavy atom. The van der Waals surface area contributed by atoms with E-state index in [1.165, 1.54) is 12.1 Å². The van der Waals surface area contributed by atoms with Crippen molar-refractivity contribution >= 4 is 11.7 Å². The molecule has 0 bridgehead atoms. The highest BCUT2D eigenvalue weighted by Crippen LogP contribution is 2.40. The number of nitro groups is 1. The predicted molar refractivity (Wildman–Crippen MR) is 71.8 cm³/mol. The first-order valence-corrected chi connectivity index (χ1v) is 6.27. The van der Waals surface area contributed by atoms with E-state index in [9.17, 15) is 20.0 Å². The van der Waals surface area contributed by atoms with Gasteiger partial charge in [-0.15, -0.1) is 0 Å². The summed E-state index contributed by atoms with van der Waals surface area (Å²) in [6.07, 6.45) is 1.88. The van der Waals surface area contributed by atoms with Crippen LogP contribution in [-0.2, 0) is 0 Å². The number of carbonyl (C=O) groups is 1. The first-order chi connectivity index (χ1) is 9.58. The second-order valence-electron chi connectivity index (χ2n) is 4.82. The highest BCUT2D eigenvalue weighted by Gasteiger charge is 2.30. The number of rotatable bonds is 4. The lowest BCUT2D eigenvalue weighted by atomic mass is 10.1. The predicted octanol–water partition coefficient (Wildman–Crippen LogP) is 3.10.